The van der Waals surface area contributed by atoms with Crippen LogP contribution < -0.4 is 4.87 Å². The lowest BCUT2D eigenvalue weighted by atomic mass is 10.2. The van der Waals surface area contributed by atoms with E-state index in [2.05, 4.69) is 0 Å². The van der Waals surface area contributed by atoms with Crippen molar-refractivity contribution in [2.75, 3.05) is 26.2 Å². The third kappa shape index (κ3) is 4.74. The maximum atomic E-state index is 13.3. The Labute approximate surface area is 218 Å². The number of hydrogen-bond acceptors (Lipinski definition) is 6. The smallest absolute Gasteiger partial charge is 0.294 e. The molecule has 12 heteroatoms. The molecule has 0 spiro atoms. The summed E-state index contributed by atoms with van der Waals surface area (Å²) in [5.74, 6) is 0. The van der Waals surface area contributed by atoms with Crippen molar-refractivity contribution in [1.29, 1.82) is 0 Å². The fourth-order valence-electron chi connectivity index (χ4n) is 4.17. The van der Waals surface area contributed by atoms with Crippen LogP contribution in [0.5, 0.6) is 0 Å². The fourth-order valence-corrected chi connectivity index (χ4v) is 8.19. The van der Waals surface area contributed by atoms with Gasteiger partial charge in [0.05, 0.1) is 26.6 Å². The van der Waals surface area contributed by atoms with Gasteiger partial charge in [0.15, 0.2) is 0 Å². The number of halogens is 1. The minimum absolute atomic E-state index is 0.0419. The van der Waals surface area contributed by atoms with Gasteiger partial charge in [-0.15, -0.1) is 0 Å². The summed E-state index contributed by atoms with van der Waals surface area (Å²) in [7, 11) is -7.55. The lowest BCUT2D eigenvalue weighted by Gasteiger charge is -2.33. The quantitative estimate of drug-likeness (QED) is 0.358. The molecule has 0 saturated carbocycles. The van der Waals surface area contributed by atoms with Crippen molar-refractivity contribution in [2.45, 2.75) is 16.3 Å². The van der Waals surface area contributed by atoms with Gasteiger partial charge in [0.1, 0.15) is 0 Å². The largest absolute Gasteiger partial charge is 0.308 e. The summed E-state index contributed by atoms with van der Waals surface area (Å²) in [6, 6.07) is 20.0. The van der Waals surface area contributed by atoms with E-state index in [4.69, 9.17) is 11.6 Å². The van der Waals surface area contributed by atoms with E-state index in [0.717, 1.165) is 16.9 Å². The Morgan fingerprint density at radius 1 is 0.750 bits per heavy atom. The molecule has 0 radical (unpaired) electrons. The van der Waals surface area contributed by atoms with Crippen LogP contribution in [0.15, 0.2) is 87.4 Å². The summed E-state index contributed by atoms with van der Waals surface area (Å²) in [4.78, 5) is 12.7. The lowest BCUT2D eigenvalue weighted by molar-refractivity contribution is 0.273. The number of piperazine rings is 1. The molecule has 1 aromatic heterocycles. The van der Waals surface area contributed by atoms with E-state index in [9.17, 15) is 21.6 Å². The van der Waals surface area contributed by atoms with E-state index in [1.54, 1.807) is 41.0 Å². The highest BCUT2D eigenvalue weighted by molar-refractivity contribution is 7.89. The number of hydrogen-bond donors (Lipinski definition) is 0. The maximum Gasteiger partial charge on any atom is 0.308 e. The SMILES string of the molecule is O=c1sc2cc(S(=O)(=O)N3CCN(S(=O)(=O)c4ccccc4)CC3)ccc2n1Cc1ccc(Cl)cc1. The molecule has 1 aliphatic heterocycles. The lowest BCUT2D eigenvalue weighted by Crippen LogP contribution is -2.50. The van der Waals surface area contributed by atoms with E-state index in [1.165, 1.54) is 32.9 Å². The van der Waals surface area contributed by atoms with Crippen LogP contribution >= 0.6 is 22.9 Å². The van der Waals surface area contributed by atoms with Gasteiger partial charge in [-0.1, -0.05) is 53.3 Å². The molecule has 0 bridgehead atoms. The minimum Gasteiger partial charge on any atom is -0.294 e. The summed E-state index contributed by atoms with van der Waals surface area (Å²) in [5, 5.41) is 0.606. The van der Waals surface area contributed by atoms with Gasteiger partial charge in [-0.25, -0.2) is 16.8 Å². The highest BCUT2D eigenvalue weighted by Gasteiger charge is 2.34. The molecule has 1 saturated heterocycles. The number of thiazole rings is 1. The third-order valence-electron chi connectivity index (χ3n) is 6.11. The average Bonchev–Trinajstić information content (AvgIpc) is 3.20. The Morgan fingerprint density at radius 3 is 1.94 bits per heavy atom. The second-order valence-corrected chi connectivity index (χ2v) is 13.6. The molecule has 0 N–H and O–H groups in total. The molecule has 5 rings (SSSR count). The van der Waals surface area contributed by atoms with E-state index < -0.39 is 20.0 Å². The molecular formula is C24H22ClN3O5S3. The molecular weight excluding hydrogens is 542 g/mol. The van der Waals surface area contributed by atoms with E-state index in [0.29, 0.717) is 21.8 Å². The van der Waals surface area contributed by atoms with Crippen LogP contribution in [0.3, 0.4) is 0 Å². The van der Waals surface area contributed by atoms with Crippen molar-refractivity contribution in [3.8, 4) is 0 Å². The fraction of sp³-hybridized carbons (Fsp3) is 0.208. The molecule has 2 heterocycles. The van der Waals surface area contributed by atoms with E-state index in [-0.39, 0.29) is 40.8 Å². The first-order valence-electron chi connectivity index (χ1n) is 11.1. The normalized spacial score (nSPS) is 15.9. The monoisotopic (exact) mass is 563 g/mol. The first-order valence-corrected chi connectivity index (χ1v) is 15.2. The second kappa shape index (κ2) is 9.73. The number of fused-ring (bicyclic) bond motifs is 1. The van der Waals surface area contributed by atoms with Gasteiger partial charge in [-0.2, -0.15) is 8.61 Å². The molecule has 8 nitrogen and oxygen atoms in total. The Bertz CT molecular complexity index is 1670. The van der Waals surface area contributed by atoms with Crippen LogP contribution in [0.25, 0.3) is 10.2 Å². The van der Waals surface area contributed by atoms with Crippen molar-refractivity contribution < 1.29 is 16.8 Å². The molecule has 0 amide bonds. The van der Waals surface area contributed by atoms with Crippen molar-refractivity contribution in [2.24, 2.45) is 0 Å². The zero-order valence-corrected chi connectivity index (χ0v) is 22.2. The molecule has 36 heavy (non-hydrogen) atoms. The number of rotatable bonds is 6. The minimum atomic E-state index is -3.86. The first kappa shape index (κ1) is 25.1. The predicted octanol–water partition coefficient (Wildman–Crippen LogP) is 3.46. The van der Waals surface area contributed by atoms with E-state index in [1.807, 2.05) is 12.1 Å². The zero-order chi connectivity index (χ0) is 25.5. The molecule has 0 aliphatic carbocycles. The van der Waals surface area contributed by atoms with Crippen LogP contribution in [0.2, 0.25) is 5.02 Å². The van der Waals surface area contributed by atoms with Crippen LogP contribution in [0, 0.1) is 0 Å². The summed E-state index contributed by atoms with van der Waals surface area (Å²) in [6.45, 7) is 0.549. The Balaban J connectivity index is 1.35. The van der Waals surface area contributed by atoms with Crippen molar-refractivity contribution in [1.82, 2.24) is 13.2 Å². The van der Waals surface area contributed by atoms with Gasteiger partial charge in [0.25, 0.3) is 0 Å². The predicted molar refractivity (Wildman–Crippen MR) is 141 cm³/mol. The number of sulfonamides is 2. The molecule has 0 unspecified atom stereocenters. The van der Waals surface area contributed by atoms with Crippen molar-refractivity contribution >= 4 is 53.2 Å². The summed E-state index contributed by atoms with van der Waals surface area (Å²) in [6.07, 6.45) is 0. The van der Waals surface area contributed by atoms with E-state index >= 15 is 0 Å². The van der Waals surface area contributed by atoms with Gasteiger partial charge in [-0.05, 0) is 48.0 Å². The third-order valence-corrected chi connectivity index (χ3v) is 11.1. The Morgan fingerprint density at radius 2 is 1.33 bits per heavy atom. The van der Waals surface area contributed by atoms with Gasteiger partial charge in [-0.3, -0.25) is 9.36 Å². The number of nitrogens with zero attached hydrogens (tertiary/aromatic N) is 3. The second-order valence-electron chi connectivity index (χ2n) is 8.33. The number of benzene rings is 3. The topological polar surface area (TPSA) is 96.8 Å². The summed E-state index contributed by atoms with van der Waals surface area (Å²) in [5.41, 5.74) is 1.55. The number of aromatic nitrogens is 1. The Hall–Kier alpha value is -2.54. The van der Waals surface area contributed by atoms with Crippen LogP contribution in [0.1, 0.15) is 5.56 Å². The zero-order valence-electron chi connectivity index (χ0n) is 18.9. The van der Waals surface area contributed by atoms with Gasteiger partial charge in [0.2, 0.25) is 20.0 Å². The molecule has 188 valence electrons. The molecule has 1 fully saturated rings. The van der Waals surface area contributed by atoms with Crippen LogP contribution in [-0.4, -0.2) is 56.2 Å². The van der Waals surface area contributed by atoms with Crippen LogP contribution in [0.4, 0.5) is 0 Å². The molecule has 4 aromatic rings. The highest BCUT2D eigenvalue weighted by Crippen LogP contribution is 2.26. The van der Waals surface area contributed by atoms with Gasteiger partial charge >= 0.3 is 4.87 Å². The maximum absolute atomic E-state index is 13.3. The summed E-state index contributed by atoms with van der Waals surface area (Å²) < 4.78 is 57.2. The first-order chi connectivity index (χ1) is 17.2. The van der Waals surface area contributed by atoms with Crippen molar-refractivity contribution in [3.63, 3.8) is 0 Å². The van der Waals surface area contributed by atoms with Gasteiger partial charge in [0, 0.05) is 31.2 Å². The van der Waals surface area contributed by atoms with Gasteiger partial charge < -0.3 is 0 Å². The van der Waals surface area contributed by atoms with Crippen molar-refractivity contribution in [3.05, 3.63) is 93.0 Å². The standard InChI is InChI=1S/C24H22ClN3O5S3/c25-19-8-6-18(7-9-19)17-28-22-11-10-21(16-23(22)34-24(28)29)36(32,33)27-14-12-26(13-15-27)35(30,31)20-4-2-1-3-5-20/h1-11,16H,12-15,17H2. The summed E-state index contributed by atoms with van der Waals surface area (Å²) >= 11 is 6.93. The van der Waals surface area contributed by atoms with Crippen LogP contribution in [-0.2, 0) is 26.6 Å². The molecule has 0 atom stereocenters. The Kier molecular flexibility index (Phi) is 6.79. The molecule has 1 aliphatic rings. The highest BCUT2D eigenvalue weighted by atomic mass is 35.5. The average molecular weight is 564 g/mol. The molecule has 3 aromatic carbocycles.